The summed E-state index contributed by atoms with van der Waals surface area (Å²) in [7, 11) is -3.34. The predicted molar refractivity (Wildman–Crippen MR) is 106 cm³/mol. The maximum atomic E-state index is 12.0. The van der Waals surface area contributed by atoms with Crippen molar-refractivity contribution in [1.29, 1.82) is 0 Å². The first-order valence-corrected chi connectivity index (χ1v) is 10.8. The Morgan fingerprint density at radius 2 is 1.71 bits per heavy atom. The second kappa shape index (κ2) is 9.77. The van der Waals surface area contributed by atoms with Crippen molar-refractivity contribution in [2.24, 2.45) is 0 Å². The van der Waals surface area contributed by atoms with Crippen LogP contribution < -0.4 is 15.6 Å². The molecule has 0 radical (unpaired) electrons. The van der Waals surface area contributed by atoms with Crippen molar-refractivity contribution in [2.75, 3.05) is 12.9 Å². The van der Waals surface area contributed by atoms with Crippen LogP contribution in [-0.4, -0.2) is 33.1 Å². The van der Waals surface area contributed by atoms with E-state index >= 15 is 0 Å². The van der Waals surface area contributed by atoms with E-state index in [1.54, 1.807) is 18.2 Å². The molecule has 150 valence electrons. The highest BCUT2D eigenvalue weighted by Crippen LogP contribution is 2.27. The second-order valence-electron chi connectivity index (χ2n) is 5.83. The van der Waals surface area contributed by atoms with Crippen molar-refractivity contribution in [3.05, 3.63) is 58.1 Å². The lowest BCUT2D eigenvalue weighted by atomic mass is 10.2. The maximum Gasteiger partial charge on any atom is 0.269 e. The number of hydrogen-bond donors (Lipinski definition) is 2. The van der Waals surface area contributed by atoms with Gasteiger partial charge in [0, 0.05) is 23.3 Å². The zero-order valence-electron chi connectivity index (χ0n) is 14.9. The van der Waals surface area contributed by atoms with Gasteiger partial charge in [0.05, 0.1) is 16.5 Å². The summed E-state index contributed by atoms with van der Waals surface area (Å²) >= 11 is 11.8. The first-order valence-electron chi connectivity index (χ1n) is 8.14. The number of carbonyl (C=O) groups excluding carboxylic acids is 2. The van der Waals surface area contributed by atoms with Crippen LogP contribution >= 0.6 is 23.2 Å². The van der Waals surface area contributed by atoms with Crippen LogP contribution in [0.5, 0.6) is 5.75 Å². The smallest absolute Gasteiger partial charge is 0.269 e. The van der Waals surface area contributed by atoms with Crippen molar-refractivity contribution in [2.45, 2.75) is 17.7 Å². The number of benzene rings is 2. The molecular formula is C18H18Cl2N2O5S. The minimum absolute atomic E-state index is 0.105. The molecule has 0 bridgehead atoms. The Morgan fingerprint density at radius 3 is 2.32 bits per heavy atom. The Labute approximate surface area is 172 Å². The highest BCUT2D eigenvalue weighted by atomic mass is 35.5. The molecule has 0 spiro atoms. The Balaban J connectivity index is 1.72. The molecule has 2 rings (SSSR count). The lowest BCUT2D eigenvalue weighted by molar-refractivity contribution is -0.122. The third-order valence-electron chi connectivity index (χ3n) is 3.56. The van der Waals surface area contributed by atoms with Gasteiger partial charge in [0.2, 0.25) is 5.91 Å². The number of amides is 2. The molecule has 0 fully saturated rings. The predicted octanol–water partition coefficient (Wildman–Crippen LogP) is 3.02. The summed E-state index contributed by atoms with van der Waals surface area (Å²) in [6.07, 6.45) is 1.61. The van der Waals surface area contributed by atoms with Gasteiger partial charge in [-0.3, -0.25) is 20.4 Å². The van der Waals surface area contributed by atoms with Gasteiger partial charge in [-0.2, -0.15) is 0 Å². The van der Waals surface area contributed by atoms with Crippen molar-refractivity contribution in [1.82, 2.24) is 10.9 Å². The Bertz CT molecular complexity index is 962. The van der Waals surface area contributed by atoms with E-state index in [0.717, 1.165) is 6.26 Å². The molecule has 0 aliphatic carbocycles. The van der Waals surface area contributed by atoms with Gasteiger partial charge in [-0.05, 0) is 48.9 Å². The molecule has 0 unspecified atom stereocenters. The van der Waals surface area contributed by atoms with Crippen LogP contribution in [-0.2, 0) is 14.6 Å². The quantitative estimate of drug-likeness (QED) is 0.504. The molecule has 0 saturated heterocycles. The topological polar surface area (TPSA) is 102 Å². The third-order valence-corrected chi connectivity index (χ3v) is 5.22. The summed E-state index contributed by atoms with van der Waals surface area (Å²) in [5.41, 5.74) is 4.77. The fourth-order valence-corrected chi connectivity index (χ4v) is 3.22. The number of carbonyl (C=O) groups is 2. The molecule has 2 amide bonds. The van der Waals surface area contributed by atoms with Gasteiger partial charge in [-0.15, -0.1) is 0 Å². The van der Waals surface area contributed by atoms with E-state index in [-0.39, 0.29) is 23.5 Å². The van der Waals surface area contributed by atoms with Gasteiger partial charge in [0.25, 0.3) is 5.91 Å². The van der Waals surface area contributed by atoms with E-state index in [0.29, 0.717) is 22.2 Å². The van der Waals surface area contributed by atoms with Crippen LogP contribution in [0.15, 0.2) is 47.4 Å². The van der Waals surface area contributed by atoms with Crippen LogP contribution in [0, 0.1) is 0 Å². The molecule has 0 aromatic heterocycles. The van der Waals surface area contributed by atoms with Crippen molar-refractivity contribution in [3.8, 4) is 5.75 Å². The van der Waals surface area contributed by atoms with E-state index in [4.69, 9.17) is 27.9 Å². The molecule has 0 atom stereocenters. The Morgan fingerprint density at radius 1 is 1.04 bits per heavy atom. The van der Waals surface area contributed by atoms with E-state index in [2.05, 4.69) is 10.9 Å². The van der Waals surface area contributed by atoms with Crippen LogP contribution in [0.4, 0.5) is 0 Å². The van der Waals surface area contributed by atoms with Crippen LogP contribution in [0.2, 0.25) is 10.0 Å². The average Bonchev–Trinajstić information content (AvgIpc) is 2.64. The van der Waals surface area contributed by atoms with Crippen LogP contribution in [0.3, 0.4) is 0 Å². The van der Waals surface area contributed by atoms with Gasteiger partial charge in [-0.1, -0.05) is 23.2 Å². The molecule has 28 heavy (non-hydrogen) atoms. The SMILES string of the molecule is CS(=O)(=O)c1ccc(C(=O)NNC(=O)CCCOc2ccc(Cl)cc2Cl)cc1. The highest BCUT2D eigenvalue weighted by molar-refractivity contribution is 7.90. The summed E-state index contributed by atoms with van der Waals surface area (Å²) in [5.74, 6) is -0.484. The summed E-state index contributed by atoms with van der Waals surface area (Å²) in [6, 6.07) is 10.2. The molecule has 0 saturated carbocycles. The first kappa shape index (κ1) is 22.0. The minimum Gasteiger partial charge on any atom is -0.492 e. The monoisotopic (exact) mass is 444 g/mol. The van der Waals surface area contributed by atoms with Gasteiger partial charge < -0.3 is 4.74 Å². The maximum absolute atomic E-state index is 12.0. The lowest BCUT2D eigenvalue weighted by Crippen LogP contribution is -2.41. The summed E-state index contributed by atoms with van der Waals surface area (Å²) < 4.78 is 28.3. The number of nitrogens with one attached hydrogen (secondary N) is 2. The standard InChI is InChI=1S/C18H18Cl2N2O5S/c1-28(25,26)14-7-4-12(5-8-14)18(24)22-21-17(23)3-2-10-27-16-9-6-13(19)11-15(16)20/h4-9,11H,2-3,10H2,1H3,(H,21,23)(H,22,24). The number of hydrazine groups is 1. The van der Waals surface area contributed by atoms with Crippen LogP contribution in [0.25, 0.3) is 0 Å². The number of rotatable bonds is 7. The minimum atomic E-state index is -3.34. The summed E-state index contributed by atoms with van der Waals surface area (Å²) in [6.45, 7) is 0.260. The van der Waals surface area contributed by atoms with Crippen LogP contribution in [0.1, 0.15) is 23.2 Å². The average molecular weight is 445 g/mol. The number of ether oxygens (including phenoxy) is 1. The molecule has 10 heteroatoms. The molecule has 0 heterocycles. The van der Waals surface area contributed by atoms with Gasteiger partial charge in [0.1, 0.15) is 5.75 Å². The Kier molecular flexibility index (Phi) is 7.68. The van der Waals surface area contributed by atoms with E-state index < -0.39 is 21.7 Å². The van der Waals surface area contributed by atoms with E-state index in [1.807, 2.05) is 0 Å². The van der Waals surface area contributed by atoms with Crippen molar-refractivity contribution >= 4 is 44.9 Å². The van der Waals surface area contributed by atoms with E-state index in [1.165, 1.54) is 24.3 Å². The number of halogens is 2. The normalized spacial score (nSPS) is 11.0. The zero-order chi connectivity index (χ0) is 20.7. The third kappa shape index (κ3) is 6.70. The molecule has 2 aromatic rings. The lowest BCUT2D eigenvalue weighted by Gasteiger charge is -2.09. The summed E-state index contributed by atoms with van der Waals surface area (Å²) in [5, 5.41) is 0.879. The molecule has 0 aliphatic rings. The Hall–Kier alpha value is -2.29. The number of hydrogen-bond acceptors (Lipinski definition) is 5. The molecule has 2 N–H and O–H groups in total. The molecule has 0 aliphatic heterocycles. The fourth-order valence-electron chi connectivity index (χ4n) is 2.12. The summed E-state index contributed by atoms with van der Waals surface area (Å²) in [4.78, 5) is 23.9. The molecular weight excluding hydrogens is 427 g/mol. The zero-order valence-corrected chi connectivity index (χ0v) is 17.2. The highest BCUT2D eigenvalue weighted by Gasteiger charge is 2.11. The first-order chi connectivity index (χ1) is 13.2. The number of sulfone groups is 1. The largest absolute Gasteiger partial charge is 0.492 e. The van der Waals surface area contributed by atoms with Crippen molar-refractivity contribution < 1.29 is 22.7 Å². The molecule has 7 nitrogen and oxygen atoms in total. The van der Waals surface area contributed by atoms with Gasteiger partial charge in [0.15, 0.2) is 9.84 Å². The van der Waals surface area contributed by atoms with Gasteiger partial charge >= 0.3 is 0 Å². The van der Waals surface area contributed by atoms with Gasteiger partial charge in [-0.25, -0.2) is 8.42 Å². The molecule has 2 aromatic carbocycles. The second-order valence-corrected chi connectivity index (χ2v) is 8.68. The van der Waals surface area contributed by atoms with E-state index in [9.17, 15) is 18.0 Å². The fraction of sp³-hybridized carbons (Fsp3) is 0.222. The van der Waals surface area contributed by atoms with Crippen molar-refractivity contribution in [3.63, 3.8) is 0 Å².